The van der Waals surface area contributed by atoms with Crippen LogP contribution in [0.15, 0.2) is 0 Å². The first-order valence-corrected chi connectivity index (χ1v) is 3.68. The van der Waals surface area contributed by atoms with Gasteiger partial charge < -0.3 is 9.84 Å². The second-order valence-corrected chi connectivity index (χ2v) is 3.62. The first-order chi connectivity index (χ1) is 5.63. The lowest BCUT2D eigenvalue weighted by Crippen LogP contribution is -2.63. The lowest BCUT2D eigenvalue weighted by molar-refractivity contribution is -0.372. The summed E-state index contributed by atoms with van der Waals surface area (Å²) in [5.41, 5.74) is -2.60. The van der Waals surface area contributed by atoms with Gasteiger partial charge in [0.15, 0.2) is 0 Å². The number of hydrogen-bond donors (Lipinski definition) is 1. The van der Waals surface area contributed by atoms with E-state index in [2.05, 4.69) is 4.74 Å². The fourth-order valence-corrected chi connectivity index (χ4v) is 1.02. The molecular formula is C7H10F4O2. The molecule has 2 nitrogen and oxygen atoms in total. The molecule has 1 atom stereocenters. The molecule has 13 heavy (non-hydrogen) atoms. The maximum Gasteiger partial charge on any atom is 0.308 e. The summed E-state index contributed by atoms with van der Waals surface area (Å²) in [6.07, 6.45) is -2.46. The fraction of sp³-hybridized carbons (Fsp3) is 1.00. The van der Waals surface area contributed by atoms with Gasteiger partial charge in [-0.25, -0.2) is 17.6 Å². The summed E-state index contributed by atoms with van der Waals surface area (Å²) in [4.78, 5) is 0. The van der Waals surface area contributed by atoms with Crippen molar-refractivity contribution in [2.45, 2.75) is 32.0 Å². The van der Waals surface area contributed by atoms with Gasteiger partial charge in [0, 0.05) is 0 Å². The van der Waals surface area contributed by atoms with Crippen LogP contribution < -0.4 is 0 Å². The van der Waals surface area contributed by atoms with Crippen LogP contribution in [0.5, 0.6) is 0 Å². The molecule has 1 rings (SSSR count). The van der Waals surface area contributed by atoms with Crippen LogP contribution in [0.1, 0.15) is 13.8 Å². The van der Waals surface area contributed by atoms with Gasteiger partial charge in [0.05, 0.1) is 5.41 Å². The maximum atomic E-state index is 13.0. The van der Waals surface area contributed by atoms with E-state index in [1.54, 1.807) is 0 Å². The molecule has 6 heteroatoms. The van der Waals surface area contributed by atoms with E-state index >= 15 is 0 Å². The van der Waals surface area contributed by atoms with Crippen molar-refractivity contribution in [3.8, 4) is 0 Å². The third-order valence-corrected chi connectivity index (χ3v) is 2.48. The number of ether oxygens (including phenoxy) is 1. The zero-order valence-electron chi connectivity index (χ0n) is 7.15. The molecule has 1 unspecified atom stereocenters. The van der Waals surface area contributed by atoms with Crippen molar-refractivity contribution in [3.63, 3.8) is 0 Å². The monoisotopic (exact) mass is 202 g/mol. The second kappa shape index (κ2) is 2.57. The second-order valence-electron chi connectivity index (χ2n) is 3.62. The summed E-state index contributed by atoms with van der Waals surface area (Å²) in [5.74, 6) is -7.59. The number of hydrogen-bond acceptors (Lipinski definition) is 2. The molecule has 0 amide bonds. The molecule has 78 valence electrons. The Labute approximate surface area is 72.5 Å². The fourth-order valence-electron chi connectivity index (χ4n) is 1.02. The Morgan fingerprint density at radius 2 is 1.69 bits per heavy atom. The summed E-state index contributed by atoms with van der Waals surface area (Å²) in [7, 11) is 0. The highest BCUT2D eigenvalue weighted by molar-refractivity contribution is 5.00. The number of alkyl halides is 4. The summed E-state index contributed by atoms with van der Waals surface area (Å²) >= 11 is 0. The summed E-state index contributed by atoms with van der Waals surface area (Å²) < 4.78 is 55.8. The zero-order valence-corrected chi connectivity index (χ0v) is 7.15. The predicted molar refractivity (Wildman–Crippen MR) is 35.6 cm³/mol. The van der Waals surface area contributed by atoms with Gasteiger partial charge in [0.25, 0.3) is 5.92 Å². The van der Waals surface area contributed by atoms with Crippen molar-refractivity contribution in [1.82, 2.24) is 0 Å². The lowest BCUT2D eigenvalue weighted by atomic mass is 9.77. The minimum Gasteiger partial charge on any atom is -0.363 e. The van der Waals surface area contributed by atoms with Crippen LogP contribution in [0.4, 0.5) is 17.6 Å². The molecule has 1 fully saturated rings. The van der Waals surface area contributed by atoms with E-state index in [4.69, 9.17) is 5.11 Å². The molecular weight excluding hydrogens is 192 g/mol. The van der Waals surface area contributed by atoms with Gasteiger partial charge >= 0.3 is 5.92 Å². The molecule has 0 aromatic rings. The molecule has 1 aliphatic heterocycles. The molecule has 1 N–H and O–H groups in total. The molecule has 1 heterocycles. The Hall–Kier alpha value is -0.360. The Morgan fingerprint density at radius 3 is 2.08 bits per heavy atom. The van der Waals surface area contributed by atoms with Crippen molar-refractivity contribution in [2.24, 2.45) is 5.41 Å². The molecule has 0 saturated carbocycles. The molecule has 1 aliphatic rings. The number of rotatable bonds is 0. The number of halogens is 4. The van der Waals surface area contributed by atoms with Gasteiger partial charge in [-0.05, 0) is 13.8 Å². The third kappa shape index (κ3) is 1.23. The van der Waals surface area contributed by atoms with E-state index in [0.29, 0.717) is 13.8 Å². The Morgan fingerprint density at radius 1 is 1.23 bits per heavy atom. The van der Waals surface area contributed by atoms with Crippen LogP contribution in [-0.2, 0) is 4.74 Å². The number of aliphatic hydroxyl groups excluding tert-OH is 1. The molecule has 0 aliphatic carbocycles. The average Bonchev–Trinajstić information content (AvgIpc) is 1.97. The van der Waals surface area contributed by atoms with Gasteiger partial charge in [-0.3, -0.25) is 0 Å². The first-order valence-electron chi connectivity index (χ1n) is 3.68. The van der Waals surface area contributed by atoms with E-state index < -0.39 is 30.2 Å². The normalized spacial score (nSPS) is 35.8. The van der Waals surface area contributed by atoms with Gasteiger partial charge in [0.1, 0.15) is 6.61 Å². The lowest BCUT2D eigenvalue weighted by Gasteiger charge is -2.45. The largest absolute Gasteiger partial charge is 0.363 e. The summed E-state index contributed by atoms with van der Waals surface area (Å²) in [5, 5.41) is 8.70. The van der Waals surface area contributed by atoms with E-state index in [-0.39, 0.29) is 0 Å². The maximum absolute atomic E-state index is 13.0. The molecule has 0 radical (unpaired) electrons. The minimum absolute atomic E-state index is 0.707. The molecule has 0 bridgehead atoms. The smallest absolute Gasteiger partial charge is 0.308 e. The van der Waals surface area contributed by atoms with Crippen molar-refractivity contribution >= 4 is 0 Å². The molecule has 0 spiro atoms. The van der Waals surface area contributed by atoms with E-state index in [0.717, 1.165) is 0 Å². The highest BCUT2D eigenvalue weighted by atomic mass is 19.3. The van der Waals surface area contributed by atoms with Gasteiger partial charge in [-0.2, -0.15) is 0 Å². The van der Waals surface area contributed by atoms with Crippen LogP contribution in [0.25, 0.3) is 0 Å². The predicted octanol–water partition coefficient (Wildman–Crippen LogP) is 1.63. The van der Waals surface area contributed by atoms with Gasteiger partial charge in [-0.15, -0.1) is 0 Å². The topological polar surface area (TPSA) is 29.5 Å². The molecule has 0 aromatic heterocycles. The van der Waals surface area contributed by atoms with E-state index in [9.17, 15) is 17.6 Å². The van der Waals surface area contributed by atoms with Crippen LogP contribution in [-0.4, -0.2) is 29.8 Å². The van der Waals surface area contributed by atoms with E-state index in [1.165, 1.54) is 0 Å². The van der Waals surface area contributed by atoms with Crippen molar-refractivity contribution in [1.29, 1.82) is 0 Å². The zero-order chi connectivity index (χ0) is 10.5. The Kier molecular flexibility index (Phi) is 2.12. The van der Waals surface area contributed by atoms with Crippen LogP contribution >= 0.6 is 0 Å². The van der Waals surface area contributed by atoms with Crippen LogP contribution in [0.2, 0.25) is 0 Å². The minimum atomic E-state index is -3.95. The van der Waals surface area contributed by atoms with Crippen molar-refractivity contribution < 1.29 is 27.4 Å². The standard InChI is InChI=1S/C7H10F4O2/c1-5(2)6(8,9)3-13-4(12)7(5,10)11/h4,12H,3H2,1-2H3. The third-order valence-electron chi connectivity index (χ3n) is 2.48. The highest BCUT2D eigenvalue weighted by Crippen LogP contribution is 2.52. The average molecular weight is 202 g/mol. The summed E-state index contributed by atoms with van der Waals surface area (Å²) in [6, 6.07) is 0. The first kappa shape index (κ1) is 10.7. The van der Waals surface area contributed by atoms with Crippen LogP contribution in [0.3, 0.4) is 0 Å². The SMILES string of the molecule is CC1(C)C(F)(F)COC(O)C1(F)F. The Balaban J connectivity index is 3.07. The van der Waals surface area contributed by atoms with Crippen molar-refractivity contribution in [2.75, 3.05) is 6.61 Å². The molecule has 0 aromatic carbocycles. The van der Waals surface area contributed by atoms with Crippen LogP contribution in [0, 0.1) is 5.41 Å². The van der Waals surface area contributed by atoms with Gasteiger partial charge in [0.2, 0.25) is 6.29 Å². The quantitative estimate of drug-likeness (QED) is 0.605. The summed E-state index contributed by atoms with van der Waals surface area (Å²) in [6.45, 7) is 0.230. The molecule has 1 saturated heterocycles. The number of aliphatic hydroxyl groups is 1. The van der Waals surface area contributed by atoms with Crippen molar-refractivity contribution in [3.05, 3.63) is 0 Å². The van der Waals surface area contributed by atoms with Gasteiger partial charge in [-0.1, -0.05) is 0 Å². The Bertz CT molecular complexity index is 215. The highest BCUT2D eigenvalue weighted by Gasteiger charge is 2.68. The van der Waals surface area contributed by atoms with E-state index in [1.807, 2.05) is 0 Å².